The Morgan fingerprint density at radius 1 is 0.970 bits per heavy atom. The third-order valence-electron chi connectivity index (χ3n) is 7.94. The lowest BCUT2D eigenvalue weighted by Crippen LogP contribution is -2.44. The van der Waals surface area contributed by atoms with E-state index in [1.807, 2.05) is 28.7 Å². The van der Waals surface area contributed by atoms with Crippen molar-refractivity contribution in [3.63, 3.8) is 0 Å². The Morgan fingerprint density at radius 2 is 1.73 bits per heavy atom. The largest absolute Gasteiger partial charge is 0.437 e. The van der Waals surface area contributed by atoms with Crippen molar-refractivity contribution in [2.45, 2.75) is 51.4 Å². The lowest BCUT2D eigenvalue weighted by atomic mass is 9.69. The van der Waals surface area contributed by atoms with E-state index < -0.39 is 0 Å². The zero-order valence-corrected chi connectivity index (χ0v) is 20.2. The highest BCUT2D eigenvalue weighted by Gasteiger charge is 2.41. The summed E-state index contributed by atoms with van der Waals surface area (Å²) in [5.41, 5.74) is 8.47. The van der Waals surface area contributed by atoms with Crippen LogP contribution < -0.4 is 4.90 Å². The summed E-state index contributed by atoms with van der Waals surface area (Å²) < 4.78 is 9.09. The predicted octanol–water partition coefficient (Wildman–Crippen LogP) is 6.68. The van der Waals surface area contributed by atoms with Crippen LogP contribution in [0.15, 0.2) is 40.8 Å². The highest BCUT2D eigenvalue weighted by Crippen LogP contribution is 2.52. The van der Waals surface area contributed by atoms with Gasteiger partial charge in [0, 0.05) is 29.7 Å². The molecule has 0 aliphatic carbocycles. The first-order valence-corrected chi connectivity index (χ1v) is 12.1. The van der Waals surface area contributed by atoms with Crippen molar-refractivity contribution < 1.29 is 4.42 Å². The number of hydrogen-bond acceptors (Lipinski definition) is 5. The van der Waals surface area contributed by atoms with Crippen molar-refractivity contribution >= 4 is 56.7 Å². The molecule has 5 heterocycles. The number of fused-ring (bicyclic) bond motifs is 7. The lowest BCUT2D eigenvalue weighted by Gasteiger charge is -2.48. The maximum atomic E-state index is 6.65. The van der Waals surface area contributed by atoms with Gasteiger partial charge in [0.1, 0.15) is 5.58 Å². The van der Waals surface area contributed by atoms with E-state index in [1.54, 1.807) is 0 Å². The lowest BCUT2D eigenvalue weighted by molar-refractivity contribution is 0.400. The molecular weight excluding hydrogens is 428 g/mol. The molecule has 166 valence electrons. The van der Waals surface area contributed by atoms with Crippen LogP contribution in [0.4, 0.5) is 5.69 Å². The van der Waals surface area contributed by atoms with Gasteiger partial charge in [-0.05, 0) is 65.7 Å². The third-order valence-corrected chi connectivity index (χ3v) is 8.21. The van der Waals surface area contributed by atoms with Crippen LogP contribution in [0.5, 0.6) is 0 Å². The molecule has 33 heavy (non-hydrogen) atoms. The smallest absolute Gasteiger partial charge is 0.233 e. The topological polar surface area (TPSA) is 46.6 Å². The average Bonchev–Trinajstić information content (AvgIpc) is 3.16. The van der Waals surface area contributed by atoms with Gasteiger partial charge in [0.2, 0.25) is 10.5 Å². The van der Waals surface area contributed by atoms with E-state index in [4.69, 9.17) is 26.6 Å². The maximum Gasteiger partial charge on any atom is 0.233 e. The van der Waals surface area contributed by atoms with Gasteiger partial charge >= 0.3 is 0 Å². The Bertz CT molecular complexity index is 1710. The van der Waals surface area contributed by atoms with Gasteiger partial charge in [0.05, 0.1) is 16.4 Å². The number of benzene rings is 2. The van der Waals surface area contributed by atoms with Gasteiger partial charge in [-0.25, -0.2) is 4.98 Å². The molecule has 5 aromatic rings. The minimum absolute atomic E-state index is 0.0214. The van der Waals surface area contributed by atoms with Crippen molar-refractivity contribution in [3.05, 3.63) is 52.3 Å². The van der Waals surface area contributed by atoms with Crippen molar-refractivity contribution in [2.24, 2.45) is 0 Å². The number of aromatic nitrogens is 3. The first-order valence-electron chi connectivity index (χ1n) is 11.7. The summed E-state index contributed by atoms with van der Waals surface area (Å²) in [6.07, 6.45) is 2.27. The number of nitrogens with zero attached hydrogens (tertiary/aromatic N) is 4. The standard InChI is InChI=1S/C27H26N4OS/c1-26(2)9-11-30-12-10-27(3,4)20-21(30)17(26)14-15-13-16-23-28-18-7-5-6-8-19(18)31(23)25(33)29-24(16)32-22(15)20/h5-8,13-14H,9-12H2,1-4H3. The van der Waals surface area contributed by atoms with Crippen LogP contribution in [0.25, 0.3) is 38.7 Å². The van der Waals surface area contributed by atoms with E-state index in [0.29, 0.717) is 10.5 Å². The van der Waals surface area contributed by atoms with E-state index in [0.717, 1.165) is 59.0 Å². The van der Waals surface area contributed by atoms with Gasteiger partial charge < -0.3 is 9.32 Å². The molecule has 7 rings (SSSR count). The van der Waals surface area contributed by atoms with Gasteiger partial charge in [-0.2, -0.15) is 4.98 Å². The van der Waals surface area contributed by atoms with E-state index >= 15 is 0 Å². The summed E-state index contributed by atoms with van der Waals surface area (Å²) in [6, 6.07) is 12.6. The summed E-state index contributed by atoms with van der Waals surface area (Å²) in [6.45, 7) is 11.6. The van der Waals surface area contributed by atoms with Crippen molar-refractivity contribution in [1.29, 1.82) is 0 Å². The van der Waals surface area contributed by atoms with Crippen LogP contribution in [0.3, 0.4) is 0 Å². The van der Waals surface area contributed by atoms with Crippen molar-refractivity contribution in [2.75, 3.05) is 18.0 Å². The molecule has 0 amide bonds. The summed E-state index contributed by atoms with van der Waals surface area (Å²) >= 11 is 5.69. The van der Waals surface area contributed by atoms with E-state index in [9.17, 15) is 0 Å². The fraction of sp³-hybridized carbons (Fsp3) is 0.370. The van der Waals surface area contributed by atoms with E-state index in [1.165, 1.54) is 16.8 Å². The number of rotatable bonds is 0. The minimum atomic E-state index is 0.0214. The minimum Gasteiger partial charge on any atom is -0.437 e. The molecule has 5 nitrogen and oxygen atoms in total. The first-order chi connectivity index (χ1) is 15.7. The molecule has 0 atom stereocenters. The number of anilines is 1. The normalized spacial score (nSPS) is 19.0. The molecule has 0 fully saturated rings. The fourth-order valence-electron chi connectivity index (χ4n) is 5.94. The predicted molar refractivity (Wildman–Crippen MR) is 136 cm³/mol. The van der Waals surface area contributed by atoms with Gasteiger partial charge in [-0.15, -0.1) is 0 Å². The van der Waals surface area contributed by atoms with Gasteiger partial charge in [-0.3, -0.25) is 4.40 Å². The molecule has 0 spiro atoms. The van der Waals surface area contributed by atoms with Crippen LogP contribution in [0.2, 0.25) is 0 Å². The Balaban J connectivity index is 1.68. The van der Waals surface area contributed by atoms with E-state index in [2.05, 4.69) is 44.7 Å². The van der Waals surface area contributed by atoms with E-state index in [-0.39, 0.29) is 10.8 Å². The summed E-state index contributed by atoms with van der Waals surface area (Å²) in [5.74, 6) is 0. The second-order valence-corrected chi connectivity index (χ2v) is 11.3. The molecule has 0 bridgehead atoms. The summed E-state index contributed by atoms with van der Waals surface area (Å²) in [5, 5.41) is 2.02. The number of hydrogen-bond donors (Lipinski definition) is 0. The van der Waals surface area contributed by atoms with Gasteiger partial charge in [0.25, 0.3) is 0 Å². The van der Waals surface area contributed by atoms with Crippen LogP contribution in [0.1, 0.15) is 51.7 Å². The second kappa shape index (κ2) is 6.11. The molecule has 0 saturated heterocycles. The number of imidazole rings is 1. The first kappa shape index (κ1) is 19.5. The molecular formula is C27H26N4OS. The average molecular weight is 455 g/mol. The van der Waals surface area contributed by atoms with Crippen LogP contribution in [-0.2, 0) is 10.8 Å². The Kier molecular flexibility index (Phi) is 3.61. The number of para-hydroxylation sites is 2. The summed E-state index contributed by atoms with van der Waals surface area (Å²) in [4.78, 5) is 12.2. The quantitative estimate of drug-likeness (QED) is 0.193. The Morgan fingerprint density at radius 3 is 2.55 bits per heavy atom. The highest BCUT2D eigenvalue weighted by molar-refractivity contribution is 7.71. The van der Waals surface area contributed by atoms with Gasteiger partial charge in [0.15, 0.2) is 5.65 Å². The molecule has 0 unspecified atom stereocenters. The van der Waals surface area contributed by atoms with Crippen molar-refractivity contribution in [1.82, 2.24) is 14.4 Å². The SMILES string of the molecule is CC1(C)CCN2CCC(C)(C)c3c2c1cc1cc2c(nc(=S)n4c5ccccc5nc24)oc31. The Labute approximate surface area is 197 Å². The Hall–Kier alpha value is -2.99. The molecule has 2 aromatic carbocycles. The highest BCUT2D eigenvalue weighted by atomic mass is 32.1. The second-order valence-electron chi connectivity index (χ2n) is 10.9. The zero-order chi connectivity index (χ0) is 22.7. The molecule has 0 N–H and O–H groups in total. The van der Waals surface area contributed by atoms with Crippen molar-refractivity contribution in [3.8, 4) is 0 Å². The molecule has 0 radical (unpaired) electrons. The van der Waals surface area contributed by atoms with Crippen LogP contribution in [-0.4, -0.2) is 27.5 Å². The molecule has 0 saturated carbocycles. The maximum absolute atomic E-state index is 6.65. The molecule has 3 aromatic heterocycles. The molecule has 2 aliphatic heterocycles. The van der Waals surface area contributed by atoms with Crippen LogP contribution in [0, 0.1) is 4.77 Å². The monoisotopic (exact) mass is 454 g/mol. The molecule has 6 heteroatoms. The van der Waals surface area contributed by atoms with Crippen LogP contribution >= 0.6 is 12.2 Å². The zero-order valence-electron chi connectivity index (χ0n) is 19.4. The fourth-order valence-corrected chi connectivity index (χ4v) is 6.21. The van der Waals surface area contributed by atoms with Gasteiger partial charge in [-0.1, -0.05) is 39.8 Å². The third kappa shape index (κ3) is 2.50. The molecule has 2 aliphatic rings. The summed E-state index contributed by atoms with van der Waals surface area (Å²) in [7, 11) is 0.